The number of ether oxygens (including phenoxy) is 2. The Morgan fingerprint density at radius 2 is 1.10 bits per heavy atom. The smallest absolute Gasteiger partial charge is 0.261 e. The first-order valence-corrected chi connectivity index (χ1v) is 17.7. The quantitative estimate of drug-likeness (QED) is 0.177. The summed E-state index contributed by atoms with van der Waals surface area (Å²) in [5, 5.41) is 4.89. The van der Waals surface area contributed by atoms with Gasteiger partial charge in [0.1, 0.15) is 23.0 Å². The molecule has 0 atom stereocenters. The molecule has 3 aliphatic rings. The second kappa shape index (κ2) is 10.4. The molecule has 11 rings (SSSR count). The Bertz CT molecular complexity index is 2700. The fourth-order valence-corrected chi connectivity index (χ4v) is 9.03. The first-order valence-electron chi connectivity index (χ1n) is 17.7. The zero-order valence-electron chi connectivity index (χ0n) is 28.4. The zero-order valence-corrected chi connectivity index (χ0v) is 28.4. The number of nitrogens with zero attached hydrogens (tertiary/aromatic N) is 1. The van der Waals surface area contributed by atoms with Crippen LogP contribution in [-0.2, 0) is 5.41 Å². The lowest BCUT2D eigenvalue weighted by Crippen LogP contribution is -2.57. The molecule has 51 heavy (non-hydrogen) atoms. The molecular formula is C47H32BNO2. The van der Waals surface area contributed by atoms with Crippen molar-refractivity contribution in [2.45, 2.75) is 19.3 Å². The highest BCUT2D eigenvalue weighted by atomic mass is 16.5. The molecule has 240 valence electrons. The molecule has 0 spiro atoms. The molecule has 0 unspecified atom stereocenters. The van der Waals surface area contributed by atoms with Gasteiger partial charge in [0, 0.05) is 27.6 Å². The summed E-state index contributed by atoms with van der Waals surface area (Å²) in [6, 6.07) is 56.7. The van der Waals surface area contributed by atoms with Crippen LogP contribution < -0.4 is 30.8 Å². The van der Waals surface area contributed by atoms with Gasteiger partial charge in [0.15, 0.2) is 0 Å². The third-order valence-electron chi connectivity index (χ3n) is 11.3. The van der Waals surface area contributed by atoms with Crippen molar-refractivity contribution in [3.05, 3.63) is 169 Å². The summed E-state index contributed by atoms with van der Waals surface area (Å²) < 4.78 is 13.5. The van der Waals surface area contributed by atoms with Crippen molar-refractivity contribution in [3.63, 3.8) is 0 Å². The summed E-state index contributed by atoms with van der Waals surface area (Å²) in [5.41, 5.74) is 11.8. The van der Waals surface area contributed by atoms with Crippen molar-refractivity contribution in [2.24, 2.45) is 0 Å². The molecule has 0 saturated carbocycles. The molecule has 4 heteroatoms. The van der Waals surface area contributed by atoms with Crippen LogP contribution in [0, 0.1) is 0 Å². The van der Waals surface area contributed by atoms with Crippen LogP contribution in [-0.4, -0.2) is 6.71 Å². The number of benzene rings is 8. The van der Waals surface area contributed by atoms with E-state index in [0.717, 1.165) is 39.8 Å². The van der Waals surface area contributed by atoms with Gasteiger partial charge in [-0.1, -0.05) is 117 Å². The molecule has 8 aromatic carbocycles. The Morgan fingerprint density at radius 3 is 1.82 bits per heavy atom. The molecule has 8 aromatic rings. The van der Waals surface area contributed by atoms with E-state index >= 15 is 0 Å². The molecule has 3 nitrogen and oxygen atoms in total. The molecule has 1 aliphatic carbocycles. The average molecular weight is 654 g/mol. The Kier molecular flexibility index (Phi) is 5.82. The molecule has 0 aromatic heterocycles. The summed E-state index contributed by atoms with van der Waals surface area (Å²) >= 11 is 0. The van der Waals surface area contributed by atoms with Crippen LogP contribution in [0.2, 0.25) is 0 Å². The maximum atomic E-state index is 6.86. The van der Waals surface area contributed by atoms with E-state index in [1.54, 1.807) is 0 Å². The van der Waals surface area contributed by atoms with E-state index in [4.69, 9.17) is 9.47 Å². The van der Waals surface area contributed by atoms with Gasteiger partial charge in [-0.25, -0.2) is 0 Å². The van der Waals surface area contributed by atoms with E-state index in [2.05, 4.69) is 170 Å². The van der Waals surface area contributed by atoms with Crippen molar-refractivity contribution < 1.29 is 9.47 Å². The minimum Gasteiger partial charge on any atom is -0.458 e. The summed E-state index contributed by atoms with van der Waals surface area (Å²) in [6.45, 7) is 4.75. The van der Waals surface area contributed by atoms with Gasteiger partial charge in [0.05, 0.1) is 5.69 Å². The van der Waals surface area contributed by atoms with Gasteiger partial charge < -0.3 is 14.4 Å². The van der Waals surface area contributed by atoms with E-state index in [1.807, 2.05) is 6.07 Å². The van der Waals surface area contributed by atoms with Crippen molar-refractivity contribution in [1.82, 2.24) is 0 Å². The van der Waals surface area contributed by atoms with Crippen LogP contribution in [0.3, 0.4) is 0 Å². The Morgan fingerprint density at radius 1 is 0.490 bits per heavy atom. The van der Waals surface area contributed by atoms with E-state index in [0.29, 0.717) is 0 Å². The van der Waals surface area contributed by atoms with Gasteiger partial charge in [0.25, 0.3) is 6.71 Å². The van der Waals surface area contributed by atoms with Crippen LogP contribution in [0.5, 0.6) is 23.0 Å². The van der Waals surface area contributed by atoms with E-state index in [9.17, 15) is 0 Å². The summed E-state index contributed by atoms with van der Waals surface area (Å²) in [6.07, 6.45) is 0. The number of hydrogen-bond donors (Lipinski definition) is 0. The van der Waals surface area contributed by atoms with Crippen molar-refractivity contribution in [1.29, 1.82) is 0 Å². The third-order valence-corrected chi connectivity index (χ3v) is 11.3. The van der Waals surface area contributed by atoms with Crippen LogP contribution in [0.4, 0.5) is 17.1 Å². The van der Waals surface area contributed by atoms with Gasteiger partial charge in [-0.2, -0.15) is 0 Å². The van der Waals surface area contributed by atoms with Gasteiger partial charge in [0.2, 0.25) is 0 Å². The van der Waals surface area contributed by atoms with E-state index in [1.165, 1.54) is 60.4 Å². The average Bonchev–Trinajstić information content (AvgIpc) is 3.39. The Hall–Kier alpha value is -6.26. The second-order valence-corrected chi connectivity index (χ2v) is 14.4. The maximum Gasteiger partial charge on any atom is 0.261 e. The maximum absolute atomic E-state index is 6.86. The molecule has 2 heterocycles. The first-order chi connectivity index (χ1) is 25.1. The molecule has 2 aliphatic heterocycles. The number of fused-ring (bicyclic) bond motifs is 11. The van der Waals surface area contributed by atoms with E-state index < -0.39 is 0 Å². The number of para-hydroxylation sites is 2. The lowest BCUT2D eigenvalue weighted by atomic mass is 9.34. The van der Waals surface area contributed by atoms with Gasteiger partial charge in [-0.15, -0.1) is 0 Å². The van der Waals surface area contributed by atoms with Crippen molar-refractivity contribution >= 4 is 61.7 Å². The molecule has 0 bridgehead atoms. The fraction of sp³-hybridized carbons (Fsp3) is 0.0638. The molecule has 0 amide bonds. The van der Waals surface area contributed by atoms with E-state index in [-0.39, 0.29) is 12.1 Å². The predicted octanol–water partition coefficient (Wildman–Crippen LogP) is 10.5. The standard InChI is InChI=1S/C47H32BNO2/c1-47(2)36-27-38-43(51-41-23-13-22-40-46(41)48(38)45-32-19-10-9-14-29(32)24-25-42(45)50-40)26-35(36)44-34-21-12-11-20-33(34)39(28-37(44)47)49(30-15-5-3-6-16-30)31-17-7-4-8-18-31/h3-28H,1-2H3. The van der Waals surface area contributed by atoms with Crippen LogP contribution in [0.15, 0.2) is 158 Å². The van der Waals surface area contributed by atoms with Gasteiger partial charge in [-0.05, 0) is 104 Å². The van der Waals surface area contributed by atoms with Gasteiger partial charge >= 0.3 is 0 Å². The third kappa shape index (κ3) is 3.96. The lowest BCUT2D eigenvalue weighted by molar-refractivity contribution is 0.465. The highest BCUT2D eigenvalue weighted by Crippen LogP contribution is 2.55. The summed E-state index contributed by atoms with van der Waals surface area (Å²) in [7, 11) is 0. The monoisotopic (exact) mass is 653 g/mol. The highest BCUT2D eigenvalue weighted by molar-refractivity contribution is 6.99. The normalized spacial score (nSPS) is 14.1. The summed E-state index contributed by atoms with van der Waals surface area (Å²) in [4.78, 5) is 2.40. The SMILES string of the molecule is CC1(C)c2cc3c(cc2-c2c1cc(N(c1ccccc1)c1ccccc1)c1ccccc21)Oc1cccc2c1B3c1c(ccc3ccccc13)O2. The first kappa shape index (κ1) is 28.6. The second-order valence-electron chi connectivity index (χ2n) is 14.4. The Labute approximate surface area is 297 Å². The lowest BCUT2D eigenvalue weighted by Gasteiger charge is -2.34. The minimum atomic E-state index is -0.274. The number of anilines is 3. The van der Waals surface area contributed by atoms with Crippen LogP contribution >= 0.6 is 0 Å². The van der Waals surface area contributed by atoms with Crippen LogP contribution in [0.25, 0.3) is 32.7 Å². The molecular weight excluding hydrogens is 621 g/mol. The number of hydrogen-bond acceptors (Lipinski definition) is 3. The zero-order chi connectivity index (χ0) is 33.8. The van der Waals surface area contributed by atoms with Crippen LogP contribution in [0.1, 0.15) is 25.0 Å². The highest BCUT2D eigenvalue weighted by Gasteiger charge is 2.45. The molecule has 0 fully saturated rings. The summed E-state index contributed by atoms with van der Waals surface area (Å²) in [5.74, 6) is 3.56. The fourth-order valence-electron chi connectivity index (χ4n) is 9.03. The Balaban J connectivity index is 1.17. The molecule has 0 radical (unpaired) electrons. The largest absolute Gasteiger partial charge is 0.458 e. The molecule has 0 saturated heterocycles. The minimum absolute atomic E-state index is 0.0152. The predicted molar refractivity (Wildman–Crippen MR) is 211 cm³/mol. The van der Waals surface area contributed by atoms with Gasteiger partial charge in [-0.3, -0.25) is 0 Å². The number of rotatable bonds is 3. The topological polar surface area (TPSA) is 21.7 Å². The molecule has 0 N–H and O–H groups in total. The van der Waals surface area contributed by atoms with Crippen molar-refractivity contribution in [3.8, 4) is 34.1 Å². The van der Waals surface area contributed by atoms with Crippen molar-refractivity contribution in [2.75, 3.05) is 4.90 Å².